The SMILES string of the molecule is CCCCCCCCc1ccc(NC(=O)c2ccc(-c3c4nc(c(-c5cc(C(C)(C)C)cc(C(C)(C)C)c5)c5ccc([nH]5)c(-c5cc(C(C)(C)C)cc(C(C)(C)C)c5)c5nc(c(-c6cc(C(C)(C)C)cc(C(C)(C)C)c6)c6ccc3[nH]6)C=C5)C=C4)cc2)cc1. The van der Waals surface area contributed by atoms with E-state index in [9.17, 15) is 4.79 Å². The summed E-state index contributed by atoms with van der Waals surface area (Å²) in [6.45, 7) is 43.8. The van der Waals surface area contributed by atoms with Crippen molar-refractivity contribution in [2.75, 3.05) is 5.32 Å². The molecular weight excluding hydrogens is 1080 g/mol. The molecule has 6 nitrogen and oxygen atoms in total. The van der Waals surface area contributed by atoms with E-state index in [0.717, 1.165) is 101 Å². The van der Waals surface area contributed by atoms with Crippen molar-refractivity contribution in [2.45, 2.75) is 209 Å². The minimum Gasteiger partial charge on any atom is -0.354 e. The number of unbranched alkanes of at least 4 members (excludes halogenated alkanes) is 5. The number of H-pyrrole nitrogens is 2. The molecule has 462 valence electrons. The smallest absolute Gasteiger partial charge is 0.255 e. The van der Waals surface area contributed by atoms with Gasteiger partial charge in [-0.2, -0.15) is 0 Å². The Balaban J connectivity index is 1.27. The normalized spacial score (nSPS) is 13.2. The van der Waals surface area contributed by atoms with E-state index in [1.807, 2.05) is 24.3 Å². The number of aromatic nitrogens is 4. The van der Waals surface area contributed by atoms with Crippen LogP contribution in [-0.4, -0.2) is 25.8 Å². The van der Waals surface area contributed by atoms with Crippen LogP contribution in [0.4, 0.5) is 5.69 Å². The molecule has 0 radical (unpaired) electrons. The van der Waals surface area contributed by atoms with Gasteiger partial charge in [0.15, 0.2) is 0 Å². The molecule has 0 spiro atoms. The fraction of sp³-hybridized carbons (Fsp3) is 0.386. The summed E-state index contributed by atoms with van der Waals surface area (Å²) in [5.74, 6) is -0.152. The Hall–Kier alpha value is -7.83. The van der Waals surface area contributed by atoms with Gasteiger partial charge in [0.05, 0.1) is 22.8 Å². The number of aryl methyl sites for hydroxylation is 1. The number of hydrogen-bond donors (Lipinski definition) is 3. The molecule has 2 aliphatic rings. The van der Waals surface area contributed by atoms with E-state index >= 15 is 0 Å². The fourth-order valence-electron chi connectivity index (χ4n) is 12.2. The summed E-state index contributed by atoms with van der Waals surface area (Å²) >= 11 is 0. The Morgan fingerprint density at radius 1 is 0.360 bits per heavy atom. The van der Waals surface area contributed by atoms with Gasteiger partial charge in [-0.1, -0.05) is 243 Å². The maximum Gasteiger partial charge on any atom is 0.255 e. The van der Waals surface area contributed by atoms with Crippen molar-refractivity contribution >= 4 is 58.0 Å². The van der Waals surface area contributed by atoms with Crippen LogP contribution in [-0.2, 0) is 38.9 Å². The van der Waals surface area contributed by atoms with Gasteiger partial charge in [0.2, 0.25) is 0 Å². The van der Waals surface area contributed by atoms with Gasteiger partial charge < -0.3 is 15.3 Å². The van der Waals surface area contributed by atoms with Crippen molar-refractivity contribution in [1.29, 1.82) is 0 Å². The Kier molecular flexibility index (Phi) is 17.7. The summed E-state index contributed by atoms with van der Waals surface area (Å²) in [5.41, 5.74) is 24.9. The summed E-state index contributed by atoms with van der Waals surface area (Å²) in [6.07, 6.45) is 17.5. The van der Waals surface area contributed by atoms with E-state index in [-0.39, 0.29) is 38.4 Å². The van der Waals surface area contributed by atoms with Crippen LogP contribution in [0.5, 0.6) is 0 Å². The van der Waals surface area contributed by atoms with Gasteiger partial charge in [-0.25, -0.2) is 9.97 Å². The Bertz CT molecular complexity index is 4020. The third-order valence-electron chi connectivity index (χ3n) is 18.1. The van der Waals surface area contributed by atoms with Gasteiger partial charge in [-0.05, 0) is 179 Å². The van der Waals surface area contributed by atoms with Gasteiger partial charge in [0.25, 0.3) is 5.91 Å². The molecule has 8 bridgehead atoms. The fourth-order valence-corrected chi connectivity index (χ4v) is 12.2. The molecule has 0 saturated carbocycles. The molecular formula is C83H99N5O. The zero-order valence-corrected chi connectivity index (χ0v) is 57.2. The molecule has 0 aliphatic carbocycles. The molecule has 8 aromatic rings. The Labute approximate surface area is 533 Å². The van der Waals surface area contributed by atoms with E-state index in [2.05, 4.69) is 274 Å². The number of nitrogens with one attached hydrogen (secondary N) is 3. The lowest BCUT2D eigenvalue weighted by molar-refractivity contribution is 0.102. The molecule has 0 saturated heterocycles. The van der Waals surface area contributed by atoms with E-state index in [1.54, 1.807) is 0 Å². The lowest BCUT2D eigenvalue weighted by atomic mass is 9.78. The monoisotopic (exact) mass is 1180 g/mol. The Morgan fingerprint density at radius 3 is 0.978 bits per heavy atom. The number of hydrogen-bond acceptors (Lipinski definition) is 3. The number of rotatable bonds is 13. The van der Waals surface area contributed by atoms with Crippen LogP contribution in [0, 0.1) is 0 Å². The first-order valence-corrected chi connectivity index (χ1v) is 32.9. The van der Waals surface area contributed by atoms with Crippen molar-refractivity contribution in [1.82, 2.24) is 19.9 Å². The first kappa shape index (κ1) is 64.2. The van der Waals surface area contributed by atoms with Gasteiger partial charge in [0.1, 0.15) is 0 Å². The van der Waals surface area contributed by atoms with Gasteiger partial charge >= 0.3 is 0 Å². The van der Waals surface area contributed by atoms with Gasteiger partial charge in [-0.15, -0.1) is 0 Å². The average molecular weight is 1180 g/mol. The second-order valence-electron chi connectivity index (χ2n) is 31.6. The zero-order valence-electron chi connectivity index (χ0n) is 57.2. The first-order valence-electron chi connectivity index (χ1n) is 32.9. The third-order valence-corrected chi connectivity index (χ3v) is 18.1. The maximum atomic E-state index is 14.1. The standard InChI is InChI=1S/C83H99N5O/c1-20-21-22-23-24-25-26-52-27-33-64(34-28-52)84-77(89)54-31-29-53(30-32-54)73-65-35-37-67(85-65)74(55-43-58(78(2,3)4)49-59(44-55)79(5,6)7)69-39-41-71(87-69)76(57-47-62(82(14,15)16)51-63(48-57)83(17,18)19)72-42-40-70(88-72)75(68-38-36-66(73)86-68)56-45-60(80(8,9)10)50-61(46-56)81(11,12)13/h27-51,85,88H,20-26H2,1-19H3,(H,84,89). The highest BCUT2D eigenvalue weighted by Crippen LogP contribution is 2.44. The van der Waals surface area contributed by atoms with Crippen molar-refractivity contribution in [3.8, 4) is 44.5 Å². The molecule has 5 aromatic carbocycles. The number of anilines is 1. The van der Waals surface area contributed by atoms with Gasteiger partial charge in [-0.3, -0.25) is 4.79 Å². The highest BCUT2D eigenvalue weighted by atomic mass is 16.1. The second kappa shape index (κ2) is 24.5. The molecule has 0 unspecified atom stereocenters. The van der Waals surface area contributed by atoms with Crippen LogP contribution < -0.4 is 5.32 Å². The number of aromatic amines is 2. The second-order valence-corrected chi connectivity index (χ2v) is 31.6. The lowest BCUT2D eigenvalue weighted by Crippen LogP contribution is -2.16. The van der Waals surface area contributed by atoms with Crippen LogP contribution in [0.1, 0.15) is 242 Å². The lowest BCUT2D eigenvalue weighted by Gasteiger charge is -2.26. The van der Waals surface area contributed by atoms with E-state index in [0.29, 0.717) is 5.56 Å². The van der Waals surface area contributed by atoms with Crippen molar-refractivity contribution in [2.24, 2.45) is 0 Å². The first-order chi connectivity index (χ1) is 41.7. The number of carbonyl (C=O) groups excluding carboxylic acids is 1. The van der Waals surface area contributed by atoms with Crippen LogP contribution in [0.15, 0.2) is 127 Å². The molecule has 89 heavy (non-hydrogen) atoms. The summed E-state index contributed by atoms with van der Waals surface area (Å²) in [6, 6.07) is 46.8. The topological polar surface area (TPSA) is 86.5 Å². The van der Waals surface area contributed by atoms with Crippen LogP contribution >= 0.6 is 0 Å². The predicted octanol–water partition coefficient (Wildman–Crippen LogP) is 23.3. The number of carbonyl (C=O) groups is 1. The minimum absolute atomic E-state index is 0.118. The molecule has 1 amide bonds. The van der Waals surface area contributed by atoms with Crippen LogP contribution in [0.2, 0.25) is 0 Å². The van der Waals surface area contributed by atoms with Crippen molar-refractivity contribution in [3.05, 3.63) is 195 Å². The van der Waals surface area contributed by atoms with E-state index < -0.39 is 0 Å². The van der Waals surface area contributed by atoms with E-state index in [4.69, 9.17) is 9.97 Å². The molecule has 0 fully saturated rings. The third kappa shape index (κ3) is 14.4. The van der Waals surface area contributed by atoms with Crippen molar-refractivity contribution < 1.29 is 4.79 Å². The van der Waals surface area contributed by atoms with Crippen molar-refractivity contribution in [3.63, 3.8) is 0 Å². The van der Waals surface area contributed by atoms with Crippen LogP contribution in [0.3, 0.4) is 0 Å². The summed E-state index contributed by atoms with van der Waals surface area (Å²) in [5, 5.41) is 3.19. The number of fused-ring (bicyclic) bond motifs is 8. The number of nitrogens with zero attached hydrogens (tertiary/aromatic N) is 2. The molecule has 3 N–H and O–H groups in total. The molecule has 3 aromatic heterocycles. The number of amides is 1. The maximum absolute atomic E-state index is 14.1. The quantitative estimate of drug-likeness (QED) is 0.101. The van der Waals surface area contributed by atoms with Gasteiger partial charge in [0, 0.05) is 55.6 Å². The van der Waals surface area contributed by atoms with E-state index in [1.165, 1.54) is 77.5 Å². The summed E-state index contributed by atoms with van der Waals surface area (Å²) in [7, 11) is 0. The summed E-state index contributed by atoms with van der Waals surface area (Å²) in [4.78, 5) is 33.8. The van der Waals surface area contributed by atoms with Crippen LogP contribution in [0.25, 0.3) is 90.9 Å². The predicted molar refractivity (Wildman–Crippen MR) is 384 cm³/mol. The largest absolute Gasteiger partial charge is 0.354 e. The molecule has 6 heteroatoms. The summed E-state index contributed by atoms with van der Waals surface area (Å²) < 4.78 is 0. The number of benzene rings is 5. The molecule has 0 atom stereocenters. The minimum atomic E-state index is -0.152. The molecule has 2 aliphatic heterocycles. The zero-order chi connectivity index (χ0) is 64.2. The highest BCUT2D eigenvalue weighted by Gasteiger charge is 2.28. The average Bonchev–Trinajstić information content (AvgIpc) is 1.65. The molecule has 5 heterocycles. The Morgan fingerprint density at radius 2 is 0.663 bits per heavy atom. The highest BCUT2D eigenvalue weighted by molar-refractivity contribution is 6.05. The molecule has 10 rings (SSSR count).